The summed E-state index contributed by atoms with van der Waals surface area (Å²) in [6.45, 7) is 1.29. The highest BCUT2D eigenvalue weighted by Gasteiger charge is 2.21. The van der Waals surface area contributed by atoms with E-state index in [1.807, 2.05) is 12.1 Å². The van der Waals surface area contributed by atoms with Crippen LogP contribution in [-0.4, -0.2) is 17.5 Å². The molecule has 0 spiro atoms. The molecule has 0 aliphatic carbocycles. The summed E-state index contributed by atoms with van der Waals surface area (Å²) in [4.78, 5) is 14.1. The Morgan fingerprint density at radius 1 is 1.00 bits per heavy atom. The van der Waals surface area contributed by atoms with E-state index in [2.05, 4.69) is 17.4 Å². The van der Waals surface area contributed by atoms with Crippen LogP contribution in [0.25, 0.3) is 0 Å². The topological polar surface area (TPSA) is 32.3 Å². The number of carbonyl (C=O) groups excluding carboxylic acids is 1. The summed E-state index contributed by atoms with van der Waals surface area (Å²) in [7, 11) is 0. The Morgan fingerprint density at radius 3 is 2.38 bits per heavy atom. The first-order valence-electron chi connectivity index (χ1n) is 6.72. The zero-order chi connectivity index (χ0) is 14.8. The molecule has 0 fully saturated rings. The lowest BCUT2D eigenvalue weighted by Crippen LogP contribution is -2.38. The molecule has 1 aliphatic rings. The van der Waals surface area contributed by atoms with Gasteiger partial charge in [-0.3, -0.25) is 0 Å². The number of nitrogens with zero attached hydrogens (tertiary/aromatic N) is 1. The number of hydrogen-bond donors (Lipinski definition) is 1. The zero-order valence-corrected chi connectivity index (χ0v) is 12.8. The van der Waals surface area contributed by atoms with E-state index in [0.717, 1.165) is 6.42 Å². The third-order valence-electron chi connectivity index (χ3n) is 3.61. The summed E-state index contributed by atoms with van der Waals surface area (Å²) >= 11 is 12.2. The quantitative estimate of drug-likeness (QED) is 0.819. The molecule has 0 saturated carbocycles. The molecular weight excluding hydrogens is 307 g/mol. The molecule has 0 unspecified atom stereocenters. The predicted octanol–water partition coefficient (Wildman–Crippen LogP) is 4.58. The highest BCUT2D eigenvalue weighted by molar-refractivity contribution is 6.39. The first kappa shape index (κ1) is 14.2. The standard InChI is InChI=1S/C16H14Cl2N2O/c17-13-6-3-7-14(18)15(13)19-16(21)20-9-8-11-4-1-2-5-12(11)10-20/h1-7H,8-10H2,(H,19,21). The van der Waals surface area contributed by atoms with Gasteiger partial charge >= 0.3 is 6.03 Å². The maximum atomic E-state index is 12.4. The molecule has 2 aromatic rings. The summed E-state index contributed by atoms with van der Waals surface area (Å²) in [6, 6.07) is 13.1. The van der Waals surface area contributed by atoms with Crippen LogP contribution in [0.1, 0.15) is 11.1 Å². The fourth-order valence-corrected chi connectivity index (χ4v) is 2.96. The van der Waals surface area contributed by atoms with Crippen LogP contribution in [0.15, 0.2) is 42.5 Å². The van der Waals surface area contributed by atoms with Gasteiger partial charge in [0.05, 0.1) is 15.7 Å². The van der Waals surface area contributed by atoms with Crippen molar-refractivity contribution in [3.05, 3.63) is 63.6 Å². The molecule has 0 aromatic heterocycles. The summed E-state index contributed by atoms with van der Waals surface area (Å²) in [5, 5.41) is 3.68. The van der Waals surface area contributed by atoms with Crippen molar-refractivity contribution in [3.8, 4) is 0 Å². The SMILES string of the molecule is O=C(Nc1c(Cl)cccc1Cl)N1CCc2ccccc2C1. The van der Waals surface area contributed by atoms with Gasteiger partial charge in [-0.05, 0) is 29.7 Å². The Balaban J connectivity index is 1.76. The third kappa shape index (κ3) is 2.99. The maximum absolute atomic E-state index is 12.4. The van der Waals surface area contributed by atoms with Gasteiger partial charge in [0.25, 0.3) is 0 Å². The summed E-state index contributed by atoms with van der Waals surface area (Å²) in [5.41, 5.74) is 2.95. The molecule has 3 rings (SSSR count). The van der Waals surface area contributed by atoms with E-state index in [4.69, 9.17) is 23.2 Å². The van der Waals surface area contributed by atoms with Crippen molar-refractivity contribution in [2.45, 2.75) is 13.0 Å². The number of amides is 2. The number of carbonyl (C=O) groups is 1. The van der Waals surface area contributed by atoms with E-state index in [0.29, 0.717) is 28.8 Å². The van der Waals surface area contributed by atoms with Crippen molar-refractivity contribution in [2.75, 3.05) is 11.9 Å². The molecule has 0 saturated heterocycles. The van der Waals surface area contributed by atoms with Crippen LogP contribution in [-0.2, 0) is 13.0 Å². The number of rotatable bonds is 1. The van der Waals surface area contributed by atoms with Crippen molar-refractivity contribution >= 4 is 34.9 Å². The molecule has 0 bridgehead atoms. The van der Waals surface area contributed by atoms with Crippen LogP contribution in [0.2, 0.25) is 10.0 Å². The van der Waals surface area contributed by atoms with Crippen molar-refractivity contribution < 1.29 is 4.79 Å². The molecule has 1 heterocycles. The highest BCUT2D eigenvalue weighted by Crippen LogP contribution is 2.30. The van der Waals surface area contributed by atoms with Gasteiger partial charge in [-0.1, -0.05) is 53.5 Å². The number of benzene rings is 2. The van der Waals surface area contributed by atoms with Crippen LogP contribution in [0.5, 0.6) is 0 Å². The van der Waals surface area contributed by atoms with Crippen LogP contribution < -0.4 is 5.32 Å². The minimum absolute atomic E-state index is 0.181. The van der Waals surface area contributed by atoms with Crippen LogP contribution >= 0.6 is 23.2 Å². The number of nitrogens with one attached hydrogen (secondary N) is 1. The Labute approximate surface area is 133 Å². The molecule has 0 atom stereocenters. The molecule has 108 valence electrons. The Kier molecular flexibility index (Phi) is 4.04. The summed E-state index contributed by atoms with van der Waals surface area (Å²) < 4.78 is 0. The predicted molar refractivity (Wildman–Crippen MR) is 86.0 cm³/mol. The second-order valence-electron chi connectivity index (χ2n) is 4.97. The Morgan fingerprint density at radius 2 is 1.67 bits per heavy atom. The van der Waals surface area contributed by atoms with Gasteiger partial charge in [-0.15, -0.1) is 0 Å². The lowest BCUT2D eigenvalue weighted by atomic mass is 10.0. The van der Waals surface area contributed by atoms with E-state index < -0.39 is 0 Å². The fraction of sp³-hybridized carbons (Fsp3) is 0.188. The lowest BCUT2D eigenvalue weighted by Gasteiger charge is -2.29. The van der Waals surface area contributed by atoms with Gasteiger partial charge in [-0.25, -0.2) is 4.79 Å². The van der Waals surface area contributed by atoms with Crippen LogP contribution in [0, 0.1) is 0 Å². The molecule has 2 amide bonds. The van der Waals surface area contributed by atoms with E-state index in [1.54, 1.807) is 23.1 Å². The van der Waals surface area contributed by atoms with Gasteiger partial charge in [0.15, 0.2) is 0 Å². The monoisotopic (exact) mass is 320 g/mol. The molecule has 21 heavy (non-hydrogen) atoms. The molecule has 2 aromatic carbocycles. The first-order valence-corrected chi connectivity index (χ1v) is 7.47. The number of anilines is 1. The second kappa shape index (κ2) is 5.96. The van der Waals surface area contributed by atoms with Crippen molar-refractivity contribution in [1.82, 2.24) is 4.90 Å². The fourth-order valence-electron chi connectivity index (χ4n) is 2.47. The average molecular weight is 321 g/mol. The van der Waals surface area contributed by atoms with E-state index in [9.17, 15) is 4.79 Å². The summed E-state index contributed by atoms with van der Waals surface area (Å²) in [5.74, 6) is 0. The normalized spacial score (nSPS) is 13.7. The maximum Gasteiger partial charge on any atom is 0.322 e. The van der Waals surface area contributed by atoms with E-state index in [-0.39, 0.29) is 6.03 Å². The van der Waals surface area contributed by atoms with Gasteiger partial charge < -0.3 is 10.2 Å². The largest absolute Gasteiger partial charge is 0.322 e. The van der Waals surface area contributed by atoms with Crippen molar-refractivity contribution in [1.29, 1.82) is 0 Å². The molecule has 3 nitrogen and oxygen atoms in total. The average Bonchev–Trinajstić information content (AvgIpc) is 2.50. The smallest absolute Gasteiger partial charge is 0.320 e. The number of para-hydroxylation sites is 1. The number of hydrogen-bond acceptors (Lipinski definition) is 1. The summed E-state index contributed by atoms with van der Waals surface area (Å²) in [6.07, 6.45) is 0.861. The minimum atomic E-state index is -0.181. The van der Waals surface area contributed by atoms with Crippen molar-refractivity contribution in [3.63, 3.8) is 0 Å². The van der Waals surface area contributed by atoms with Crippen LogP contribution in [0.4, 0.5) is 10.5 Å². The van der Waals surface area contributed by atoms with Crippen molar-refractivity contribution in [2.24, 2.45) is 0 Å². The lowest BCUT2D eigenvalue weighted by molar-refractivity contribution is 0.206. The first-order chi connectivity index (χ1) is 10.1. The van der Waals surface area contributed by atoms with Crippen LogP contribution in [0.3, 0.4) is 0 Å². The Hall–Kier alpha value is -1.71. The van der Waals surface area contributed by atoms with Gasteiger partial charge in [-0.2, -0.15) is 0 Å². The molecule has 5 heteroatoms. The molecular formula is C16H14Cl2N2O. The zero-order valence-electron chi connectivity index (χ0n) is 11.3. The third-order valence-corrected chi connectivity index (χ3v) is 4.24. The second-order valence-corrected chi connectivity index (χ2v) is 5.78. The number of fused-ring (bicyclic) bond motifs is 1. The Bertz CT molecular complexity index is 667. The molecule has 1 N–H and O–H groups in total. The number of urea groups is 1. The van der Waals surface area contributed by atoms with Gasteiger partial charge in [0, 0.05) is 13.1 Å². The van der Waals surface area contributed by atoms with E-state index in [1.165, 1.54) is 11.1 Å². The van der Waals surface area contributed by atoms with Gasteiger partial charge in [0.1, 0.15) is 0 Å². The minimum Gasteiger partial charge on any atom is -0.320 e. The van der Waals surface area contributed by atoms with Gasteiger partial charge in [0.2, 0.25) is 0 Å². The molecule has 0 radical (unpaired) electrons. The molecule has 1 aliphatic heterocycles. The number of halogens is 2. The van der Waals surface area contributed by atoms with E-state index >= 15 is 0 Å². The highest BCUT2D eigenvalue weighted by atomic mass is 35.5.